The molecular formula is C18H14ClI. The molecule has 20 heavy (non-hydrogen) atoms. The van der Waals surface area contributed by atoms with E-state index in [1.807, 2.05) is 0 Å². The molecule has 3 rings (SSSR count). The third-order valence-corrected chi connectivity index (χ3v) is 4.52. The van der Waals surface area contributed by atoms with E-state index < -0.39 is 0 Å². The molecule has 0 amide bonds. The molecule has 0 aliphatic rings. The second-order valence-electron chi connectivity index (χ2n) is 4.91. The lowest BCUT2D eigenvalue weighted by molar-refractivity contribution is 0.920. The van der Waals surface area contributed by atoms with Crippen LogP contribution in [0.25, 0.3) is 10.8 Å². The Bertz CT molecular complexity index is 736. The van der Waals surface area contributed by atoms with E-state index in [2.05, 4.69) is 89.3 Å². The fourth-order valence-electron chi connectivity index (χ4n) is 2.39. The predicted molar refractivity (Wildman–Crippen MR) is 95.4 cm³/mol. The molecule has 1 unspecified atom stereocenters. The first-order chi connectivity index (χ1) is 9.72. The highest BCUT2D eigenvalue weighted by Gasteiger charge is 2.09. The number of hydrogen-bond donors (Lipinski definition) is 0. The molecule has 2 heteroatoms. The second kappa shape index (κ2) is 6.15. The van der Waals surface area contributed by atoms with Gasteiger partial charge in [0.25, 0.3) is 0 Å². The van der Waals surface area contributed by atoms with Gasteiger partial charge in [0.15, 0.2) is 0 Å². The SMILES string of the molecule is ClC(Cc1ccc2ccccc2c1)c1cccc(I)c1. The van der Waals surface area contributed by atoms with Crippen molar-refractivity contribution in [3.63, 3.8) is 0 Å². The van der Waals surface area contributed by atoms with Crippen molar-refractivity contribution in [2.45, 2.75) is 11.8 Å². The van der Waals surface area contributed by atoms with Crippen LogP contribution in [0.15, 0.2) is 66.7 Å². The molecule has 0 radical (unpaired) electrons. The minimum Gasteiger partial charge on any atom is -0.117 e. The molecule has 3 aromatic carbocycles. The van der Waals surface area contributed by atoms with Gasteiger partial charge in [-0.05, 0) is 63.0 Å². The first kappa shape index (κ1) is 13.9. The Kier molecular flexibility index (Phi) is 4.27. The van der Waals surface area contributed by atoms with Gasteiger partial charge in [-0.1, -0.05) is 54.6 Å². The first-order valence-electron chi connectivity index (χ1n) is 6.59. The molecule has 0 aromatic heterocycles. The van der Waals surface area contributed by atoms with E-state index in [1.54, 1.807) is 0 Å². The maximum absolute atomic E-state index is 6.56. The minimum absolute atomic E-state index is 0.0193. The zero-order valence-electron chi connectivity index (χ0n) is 10.9. The van der Waals surface area contributed by atoms with Crippen LogP contribution in [0.3, 0.4) is 0 Å². The van der Waals surface area contributed by atoms with E-state index in [0.29, 0.717) is 0 Å². The van der Waals surface area contributed by atoms with Crippen LogP contribution in [0.2, 0.25) is 0 Å². The minimum atomic E-state index is 0.0193. The fraction of sp³-hybridized carbons (Fsp3) is 0.111. The van der Waals surface area contributed by atoms with Gasteiger partial charge >= 0.3 is 0 Å². The molecule has 0 nitrogen and oxygen atoms in total. The molecular weight excluding hydrogens is 379 g/mol. The Hall–Kier alpha value is -1.06. The Morgan fingerprint density at radius 3 is 2.45 bits per heavy atom. The largest absolute Gasteiger partial charge is 0.117 e. The predicted octanol–water partition coefficient (Wildman–Crippen LogP) is 5.97. The van der Waals surface area contributed by atoms with Crippen LogP contribution in [-0.2, 0) is 6.42 Å². The fourth-order valence-corrected chi connectivity index (χ4v) is 3.27. The van der Waals surface area contributed by atoms with Gasteiger partial charge < -0.3 is 0 Å². The third kappa shape index (κ3) is 3.15. The molecule has 3 aromatic rings. The monoisotopic (exact) mass is 392 g/mol. The van der Waals surface area contributed by atoms with Crippen LogP contribution in [0.5, 0.6) is 0 Å². The number of halogens is 2. The molecule has 0 fully saturated rings. The quantitative estimate of drug-likeness (QED) is 0.381. The van der Waals surface area contributed by atoms with Gasteiger partial charge in [0.1, 0.15) is 0 Å². The van der Waals surface area contributed by atoms with Crippen molar-refractivity contribution in [2.75, 3.05) is 0 Å². The Morgan fingerprint density at radius 1 is 0.850 bits per heavy atom. The van der Waals surface area contributed by atoms with Crippen LogP contribution in [-0.4, -0.2) is 0 Å². The number of rotatable bonds is 3. The smallest absolute Gasteiger partial charge is 0.0625 e. The number of fused-ring (bicyclic) bond motifs is 1. The van der Waals surface area contributed by atoms with Crippen molar-refractivity contribution >= 4 is 45.0 Å². The summed E-state index contributed by atoms with van der Waals surface area (Å²) in [5, 5.41) is 2.57. The summed E-state index contributed by atoms with van der Waals surface area (Å²) < 4.78 is 1.23. The maximum atomic E-state index is 6.56. The summed E-state index contributed by atoms with van der Waals surface area (Å²) in [6, 6.07) is 23.4. The van der Waals surface area contributed by atoms with Crippen molar-refractivity contribution in [3.05, 3.63) is 81.4 Å². The van der Waals surface area contributed by atoms with E-state index in [-0.39, 0.29) is 5.38 Å². The van der Waals surface area contributed by atoms with Crippen LogP contribution in [0.4, 0.5) is 0 Å². The summed E-state index contributed by atoms with van der Waals surface area (Å²) in [5.74, 6) is 0. The summed E-state index contributed by atoms with van der Waals surface area (Å²) in [6.07, 6.45) is 0.854. The van der Waals surface area contributed by atoms with Gasteiger partial charge in [0, 0.05) is 3.57 Å². The highest BCUT2D eigenvalue weighted by Crippen LogP contribution is 2.27. The Labute approximate surface area is 137 Å². The topological polar surface area (TPSA) is 0 Å². The highest BCUT2D eigenvalue weighted by atomic mass is 127. The number of alkyl halides is 1. The van der Waals surface area contributed by atoms with Gasteiger partial charge in [0.05, 0.1) is 5.38 Å². The molecule has 0 saturated carbocycles. The zero-order valence-corrected chi connectivity index (χ0v) is 13.8. The maximum Gasteiger partial charge on any atom is 0.0625 e. The Balaban J connectivity index is 1.85. The van der Waals surface area contributed by atoms with Gasteiger partial charge in [0.2, 0.25) is 0 Å². The van der Waals surface area contributed by atoms with Crippen molar-refractivity contribution < 1.29 is 0 Å². The summed E-state index contributed by atoms with van der Waals surface area (Å²) in [6.45, 7) is 0. The van der Waals surface area contributed by atoms with Gasteiger partial charge in [-0.3, -0.25) is 0 Å². The molecule has 0 bridgehead atoms. The molecule has 1 atom stereocenters. The van der Waals surface area contributed by atoms with E-state index in [0.717, 1.165) is 6.42 Å². The normalized spacial score (nSPS) is 12.5. The average Bonchev–Trinajstić information content (AvgIpc) is 2.47. The lowest BCUT2D eigenvalue weighted by atomic mass is 10.0. The zero-order chi connectivity index (χ0) is 13.9. The van der Waals surface area contributed by atoms with E-state index in [4.69, 9.17) is 11.6 Å². The van der Waals surface area contributed by atoms with Gasteiger partial charge in [-0.2, -0.15) is 0 Å². The standard InChI is InChI=1S/C18H14ClI/c19-18(16-6-3-7-17(20)12-16)11-13-8-9-14-4-1-2-5-15(14)10-13/h1-10,12,18H,11H2. The lowest BCUT2D eigenvalue weighted by Gasteiger charge is -2.11. The summed E-state index contributed by atoms with van der Waals surface area (Å²) >= 11 is 8.88. The number of hydrogen-bond acceptors (Lipinski definition) is 0. The van der Waals surface area contributed by atoms with E-state index >= 15 is 0 Å². The van der Waals surface area contributed by atoms with Crippen LogP contribution >= 0.6 is 34.2 Å². The third-order valence-electron chi connectivity index (χ3n) is 3.44. The summed E-state index contributed by atoms with van der Waals surface area (Å²) in [4.78, 5) is 0. The lowest BCUT2D eigenvalue weighted by Crippen LogP contribution is -1.96. The molecule has 0 N–H and O–H groups in total. The Morgan fingerprint density at radius 2 is 1.65 bits per heavy atom. The summed E-state index contributed by atoms with van der Waals surface area (Å²) in [5.41, 5.74) is 2.47. The van der Waals surface area contributed by atoms with E-state index in [9.17, 15) is 0 Å². The van der Waals surface area contributed by atoms with Crippen molar-refractivity contribution in [1.29, 1.82) is 0 Å². The molecule has 0 spiro atoms. The average molecular weight is 393 g/mol. The van der Waals surface area contributed by atoms with Crippen molar-refractivity contribution in [3.8, 4) is 0 Å². The van der Waals surface area contributed by atoms with Gasteiger partial charge in [-0.25, -0.2) is 0 Å². The van der Waals surface area contributed by atoms with Crippen molar-refractivity contribution in [2.24, 2.45) is 0 Å². The first-order valence-corrected chi connectivity index (χ1v) is 8.11. The van der Waals surface area contributed by atoms with Crippen LogP contribution in [0.1, 0.15) is 16.5 Å². The molecule has 0 aliphatic heterocycles. The molecule has 0 aliphatic carbocycles. The molecule has 0 heterocycles. The summed E-state index contributed by atoms with van der Waals surface area (Å²) in [7, 11) is 0. The van der Waals surface area contributed by atoms with Crippen LogP contribution < -0.4 is 0 Å². The molecule has 100 valence electrons. The second-order valence-corrected chi connectivity index (χ2v) is 6.68. The van der Waals surface area contributed by atoms with Crippen LogP contribution in [0, 0.1) is 3.57 Å². The van der Waals surface area contributed by atoms with Gasteiger partial charge in [-0.15, -0.1) is 11.6 Å². The van der Waals surface area contributed by atoms with Crippen molar-refractivity contribution in [1.82, 2.24) is 0 Å². The van der Waals surface area contributed by atoms with E-state index in [1.165, 1.54) is 25.5 Å². The molecule has 0 saturated heterocycles. The number of benzene rings is 3. The highest BCUT2D eigenvalue weighted by molar-refractivity contribution is 14.1.